The molecule has 0 aliphatic heterocycles. The number of nitrogens with zero attached hydrogens (tertiary/aromatic N) is 1. The molecule has 3 N–H and O–H groups in total. The van der Waals surface area contributed by atoms with Gasteiger partial charge in [0.05, 0.1) is 11.7 Å². The van der Waals surface area contributed by atoms with E-state index in [0.717, 1.165) is 19.0 Å². The first kappa shape index (κ1) is 12.0. The second-order valence-electron chi connectivity index (χ2n) is 4.51. The molecule has 1 fully saturated rings. The molecular formula is C12H16FN3O. The first-order chi connectivity index (χ1) is 8.12. The molecule has 0 bridgehead atoms. The number of hydrogen-bond donors (Lipinski definition) is 2. The van der Waals surface area contributed by atoms with Crippen LogP contribution in [0, 0.1) is 5.82 Å². The standard InChI is InChI=1S/C12H16FN3O/c13-10-8-15-6-3-9(10)7-16-11(17)12(14)4-1-2-5-12/h3,6,8H,1-2,4-5,7,14H2,(H,16,17). The zero-order valence-electron chi connectivity index (χ0n) is 9.58. The van der Waals surface area contributed by atoms with Crippen LogP contribution in [0.4, 0.5) is 4.39 Å². The summed E-state index contributed by atoms with van der Waals surface area (Å²) in [6.07, 6.45) is 6.00. The van der Waals surface area contributed by atoms with Crippen molar-refractivity contribution >= 4 is 5.91 Å². The van der Waals surface area contributed by atoms with Crippen LogP contribution in [0.15, 0.2) is 18.5 Å². The normalized spacial score (nSPS) is 18.0. The lowest BCUT2D eigenvalue weighted by Gasteiger charge is -2.22. The number of hydrogen-bond acceptors (Lipinski definition) is 3. The number of nitrogens with two attached hydrogens (primary N) is 1. The van der Waals surface area contributed by atoms with E-state index in [1.165, 1.54) is 6.20 Å². The minimum atomic E-state index is -0.760. The molecule has 1 aliphatic rings. The molecule has 0 aromatic carbocycles. The fourth-order valence-corrected chi connectivity index (χ4v) is 2.13. The van der Waals surface area contributed by atoms with Gasteiger partial charge >= 0.3 is 0 Å². The molecule has 1 aliphatic carbocycles. The Morgan fingerprint density at radius 2 is 2.24 bits per heavy atom. The van der Waals surface area contributed by atoms with Gasteiger partial charge in [0.2, 0.25) is 5.91 Å². The van der Waals surface area contributed by atoms with Crippen LogP contribution >= 0.6 is 0 Å². The van der Waals surface area contributed by atoms with Crippen molar-refractivity contribution in [2.45, 2.75) is 37.8 Å². The zero-order valence-corrected chi connectivity index (χ0v) is 9.58. The van der Waals surface area contributed by atoms with E-state index in [-0.39, 0.29) is 12.5 Å². The van der Waals surface area contributed by atoms with Gasteiger partial charge in [0, 0.05) is 18.3 Å². The van der Waals surface area contributed by atoms with Crippen molar-refractivity contribution in [1.29, 1.82) is 0 Å². The second kappa shape index (κ2) is 4.79. The van der Waals surface area contributed by atoms with Gasteiger partial charge in [-0.1, -0.05) is 12.8 Å². The van der Waals surface area contributed by atoms with Crippen molar-refractivity contribution in [3.63, 3.8) is 0 Å². The van der Waals surface area contributed by atoms with Gasteiger partial charge in [0.15, 0.2) is 0 Å². The van der Waals surface area contributed by atoms with Crippen molar-refractivity contribution < 1.29 is 9.18 Å². The van der Waals surface area contributed by atoms with Gasteiger partial charge < -0.3 is 11.1 Å². The summed E-state index contributed by atoms with van der Waals surface area (Å²) in [5, 5.41) is 2.69. The average Bonchev–Trinajstić information content (AvgIpc) is 2.76. The lowest BCUT2D eigenvalue weighted by molar-refractivity contribution is -0.126. The highest BCUT2D eigenvalue weighted by molar-refractivity contribution is 5.86. The molecule has 1 amide bonds. The van der Waals surface area contributed by atoms with E-state index in [0.29, 0.717) is 18.4 Å². The smallest absolute Gasteiger partial charge is 0.240 e. The summed E-state index contributed by atoms with van der Waals surface area (Å²) in [7, 11) is 0. The van der Waals surface area contributed by atoms with Gasteiger partial charge in [0.25, 0.3) is 0 Å². The number of amides is 1. The third kappa shape index (κ3) is 2.61. The maximum Gasteiger partial charge on any atom is 0.240 e. The SMILES string of the molecule is NC1(C(=O)NCc2ccncc2F)CCCC1. The number of carbonyl (C=O) groups is 1. The van der Waals surface area contributed by atoms with Crippen LogP contribution in [-0.2, 0) is 11.3 Å². The van der Waals surface area contributed by atoms with E-state index < -0.39 is 11.4 Å². The van der Waals surface area contributed by atoms with Crippen molar-refractivity contribution in [2.75, 3.05) is 0 Å². The summed E-state index contributed by atoms with van der Waals surface area (Å²) < 4.78 is 13.3. The summed E-state index contributed by atoms with van der Waals surface area (Å²) >= 11 is 0. The Balaban J connectivity index is 1.94. The van der Waals surface area contributed by atoms with Crippen molar-refractivity contribution in [2.24, 2.45) is 5.73 Å². The van der Waals surface area contributed by atoms with Crippen LogP contribution in [0.2, 0.25) is 0 Å². The second-order valence-corrected chi connectivity index (χ2v) is 4.51. The van der Waals surface area contributed by atoms with Crippen LogP contribution in [0.25, 0.3) is 0 Å². The van der Waals surface area contributed by atoms with E-state index in [2.05, 4.69) is 10.3 Å². The summed E-state index contributed by atoms with van der Waals surface area (Å²) in [6.45, 7) is 0.159. The van der Waals surface area contributed by atoms with Gasteiger partial charge in [-0.25, -0.2) is 4.39 Å². The highest BCUT2D eigenvalue weighted by atomic mass is 19.1. The Hall–Kier alpha value is -1.49. The minimum Gasteiger partial charge on any atom is -0.350 e. The van der Waals surface area contributed by atoms with Gasteiger partial charge in [-0.3, -0.25) is 9.78 Å². The van der Waals surface area contributed by atoms with Gasteiger partial charge in [-0.05, 0) is 18.9 Å². The van der Waals surface area contributed by atoms with Crippen LogP contribution < -0.4 is 11.1 Å². The van der Waals surface area contributed by atoms with E-state index >= 15 is 0 Å². The molecule has 4 nitrogen and oxygen atoms in total. The van der Waals surface area contributed by atoms with Crippen molar-refractivity contribution in [3.05, 3.63) is 29.8 Å². The number of pyridine rings is 1. The van der Waals surface area contributed by atoms with E-state index in [1.54, 1.807) is 6.07 Å². The number of nitrogens with one attached hydrogen (secondary N) is 1. The van der Waals surface area contributed by atoms with E-state index in [9.17, 15) is 9.18 Å². The van der Waals surface area contributed by atoms with Crippen LogP contribution in [-0.4, -0.2) is 16.4 Å². The molecule has 0 spiro atoms. The summed E-state index contributed by atoms with van der Waals surface area (Å²) in [5.41, 5.74) is 5.65. The lowest BCUT2D eigenvalue weighted by Crippen LogP contribution is -2.51. The van der Waals surface area contributed by atoms with Gasteiger partial charge in [0.1, 0.15) is 5.82 Å². The summed E-state index contributed by atoms with van der Waals surface area (Å²) in [6, 6.07) is 1.55. The Morgan fingerprint density at radius 3 is 2.88 bits per heavy atom. The maximum absolute atomic E-state index is 13.3. The summed E-state index contributed by atoms with van der Waals surface area (Å²) in [4.78, 5) is 15.5. The lowest BCUT2D eigenvalue weighted by atomic mass is 9.98. The maximum atomic E-state index is 13.3. The number of carbonyl (C=O) groups excluding carboxylic acids is 1. The molecule has 17 heavy (non-hydrogen) atoms. The Kier molecular flexibility index (Phi) is 3.38. The molecular weight excluding hydrogens is 221 g/mol. The largest absolute Gasteiger partial charge is 0.350 e. The molecule has 1 heterocycles. The number of halogens is 1. The quantitative estimate of drug-likeness (QED) is 0.827. The first-order valence-electron chi connectivity index (χ1n) is 5.77. The molecule has 1 saturated carbocycles. The predicted octanol–water partition coefficient (Wildman–Crippen LogP) is 1.11. The molecule has 0 unspecified atom stereocenters. The molecule has 1 aromatic rings. The summed E-state index contributed by atoms with van der Waals surface area (Å²) in [5.74, 6) is -0.600. The van der Waals surface area contributed by atoms with E-state index in [1.807, 2.05) is 0 Å². The van der Waals surface area contributed by atoms with Crippen LogP contribution in [0.3, 0.4) is 0 Å². The van der Waals surface area contributed by atoms with Crippen LogP contribution in [0.1, 0.15) is 31.2 Å². The highest BCUT2D eigenvalue weighted by Crippen LogP contribution is 2.27. The molecule has 92 valence electrons. The van der Waals surface area contributed by atoms with Crippen molar-refractivity contribution in [1.82, 2.24) is 10.3 Å². The highest BCUT2D eigenvalue weighted by Gasteiger charge is 2.36. The monoisotopic (exact) mass is 237 g/mol. The fourth-order valence-electron chi connectivity index (χ4n) is 2.13. The third-order valence-electron chi connectivity index (χ3n) is 3.24. The van der Waals surface area contributed by atoms with Gasteiger partial charge in [-0.2, -0.15) is 0 Å². The van der Waals surface area contributed by atoms with Crippen LogP contribution in [0.5, 0.6) is 0 Å². The molecule has 0 radical (unpaired) electrons. The third-order valence-corrected chi connectivity index (χ3v) is 3.24. The molecule has 2 rings (SSSR count). The zero-order chi connectivity index (χ0) is 12.3. The molecule has 5 heteroatoms. The number of aromatic nitrogens is 1. The predicted molar refractivity (Wildman–Crippen MR) is 61.4 cm³/mol. The minimum absolute atomic E-state index is 0.159. The Labute approximate surface area is 99.4 Å². The molecule has 0 atom stereocenters. The Bertz CT molecular complexity index is 416. The van der Waals surface area contributed by atoms with E-state index in [4.69, 9.17) is 5.73 Å². The Morgan fingerprint density at radius 1 is 1.53 bits per heavy atom. The number of rotatable bonds is 3. The van der Waals surface area contributed by atoms with Gasteiger partial charge in [-0.15, -0.1) is 0 Å². The molecule has 0 saturated heterocycles. The average molecular weight is 237 g/mol. The first-order valence-corrected chi connectivity index (χ1v) is 5.77. The van der Waals surface area contributed by atoms with Crippen molar-refractivity contribution in [3.8, 4) is 0 Å². The molecule has 1 aromatic heterocycles. The topological polar surface area (TPSA) is 68.0 Å². The fraction of sp³-hybridized carbons (Fsp3) is 0.500.